The van der Waals surface area contributed by atoms with E-state index in [1.807, 2.05) is 12.1 Å². The van der Waals surface area contributed by atoms with Gasteiger partial charge in [0.2, 0.25) is 11.5 Å². The summed E-state index contributed by atoms with van der Waals surface area (Å²) in [5.41, 5.74) is 1.24. The standard InChI is InChI=1S/C23H22ClN3O5/c24-16-9-7-14(8-10-16)22(31)27-19(23(32)25-11-3-6-21(29)30)12-15-13-20(28)26-18-5-2-1-4-17(15)18/h1-2,4-5,7-10,13,19H,3,6,11-12H2,(H,25,32)(H,26,28)(H,27,31)(H,29,30). The Morgan fingerprint density at radius 1 is 1.06 bits per heavy atom. The van der Waals surface area contributed by atoms with Gasteiger partial charge in [0.1, 0.15) is 6.04 Å². The summed E-state index contributed by atoms with van der Waals surface area (Å²) in [6, 6.07) is 13.8. The maximum atomic E-state index is 12.9. The summed E-state index contributed by atoms with van der Waals surface area (Å²) < 4.78 is 0. The number of H-pyrrole nitrogens is 1. The van der Waals surface area contributed by atoms with Crippen molar-refractivity contribution >= 4 is 40.3 Å². The fraction of sp³-hybridized carbons (Fsp3) is 0.217. The number of benzene rings is 2. The third kappa shape index (κ3) is 6.18. The van der Waals surface area contributed by atoms with Gasteiger partial charge in [0, 0.05) is 46.9 Å². The minimum Gasteiger partial charge on any atom is -0.481 e. The topological polar surface area (TPSA) is 128 Å². The van der Waals surface area contributed by atoms with Gasteiger partial charge in [-0.25, -0.2) is 0 Å². The Morgan fingerprint density at radius 3 is 2.50 bits per heavy atom. The van der Waals surface area contributed by atoms with Crippen molar-refractivity contribution < 1.29 is 19.5 Å². The van der Waals surface area contributed by atoms with Crippen LogP contribution in [0.1, 0.15) is 28.8 Å². The summed E-state index contributed by atoms with van der Waals surface area (Å²) in [7, 11) is 0. The van der Waals surface area contributed by atoms with E-state index in [2.05, 4.69) is 15.6 Å². The maximum absolute atomic E-state index is 12.9. The quantitative estimate of drug-likeness (QED) is 0.368. The molecule has 1 aromatic heterocycles. The predicted molar refractivity (Wildman–Crippen MR) is 121 cm³/mol. The molecule has 3 aromatic rings. The van der Waals surface area contributed by atoms with Crippen molar-refractivity contribution in [2.45, 2.75) is 25.3 Å². The lowest BCUT2D eigenvalue weighted by Gasteiger charge is -2.19. The summed E-state index contributed by atoms with van der Waals surface area (Å²) >= 11 is 5.87. The molecule has 2 amide bonds. The van der Waals surface area contributed by atoms with E-state index in [-0.39, 0.29) is 31.4 Å². The van der Waals surface area contributed by atoms with Crippen LogP contribution in [0.15, 0.2) is 59.4 Å². The average Bonchev–Trinajstić information content (AvgIpc) is 2.76. The Morgan fingerprint density at radius 2 is 1.78 bits per heavy atom. The lowest BCUT2D eigenvalue weighted by Crippen LogP contribution is -2.48. The van der Waals surface area contributed by atoms with E-state index in [0.29, 0.717) is 21.7 Å². The molecule has 166 valence electrons. The number of carboxylic acid groups (broad SMARTS) is 1. The first-order valence-electron chi connectivity index (χ1n) is 10.0. The molecule has 1 unspecified atom stereocenters. The minimum atomic E-state index is -0.979. The van der Waals surface area contributed by atoms with E-state index < -0.39 is 23.8 Å². The highest BCUT2D eigenvalue weighted by Crippen LogP contribution is 2.17. The molecule has 9 heteroatoms. The lowest BCUT2D eigenvalue weighted by atomic mass is 10.0. The van der Waals surface area contributed by atoms with Crippen LogP contribution in [0.3, 0.4) is 0 Å². The summed E-state index contributed by atoms with van der Waals surface area (Å²) in [4.78, 5) is 51.1. The molecule has 3 rings (SSSR count). The molecule has 2 aromatic carbocycles. The number of nitrogens with one attached hydrogen (secondary N) is 3. The second-order valence-electron chi connectivity index (χ2n) is 7.23. The van der Waals surface area contributed by atoms with Crippen molar-refractivity contribution in [3.63, 3.8) is 0 Å². The summed E-state index contributed by atoms with van der Waals surface area (Å²) in [5.74, 6) is -1.90. The van der Waals surface area contributed by atoms with Crippen LogP contribution in [0, 0.1) is 0 Å². The number of hydrogen-bond donors (Lipinski definition) is 4. The average molecular weight is 456 g/mol. The highest BCUT2D eigenvalue weighted by molar-refractivity contribution is 6.30. The van der Waals surface area contributed by atoms with Crippen LogP contribution in [-0.2, 0) is 16.0 Å². The zero-order chi connectivity index (χ0) is 23.1. The highest BCUT2D eigenvalue weighted by atomic mass is 35.5. The monoisotopic (exact) mass is 455 g/mol. The number of rotatable bonds is 9. The second-order valence-corrected chi connectivity index (χ2v) is 7.67. The molecular formula is C23H22ClN3O5. The van der Waals surface area contributed by atoms with E-state index in [9.17, 15) is 19.2 Å². The van der Waals surface area contributed by atoms with Gasteiger partial charge in [-0.15, -0.1) is 0 Å². The van der Waals surface area contributed by atoms with Gasteiger partial charge in [-0.3, -0.25) is 19.2 Å². The number of para-hydroxylation sites is 1. The van der Waals surface area contributed by atoms with E-state index in [1.54, 1.807) is 36.4 Å². The number of amides is 2. The van der Waals surface area contributed by atoms with Crippen molar-refractivity contribution in [3.05, 3.63) is 81.1 Å². The second kappa shape index (κ2) is 10.6. The first-order chi connectivity index (χ1) is 15.3. The molecule has 0 saturated carbocycles. The van der Waals surface area contributed by atoms with Gasteiger partial charge < -0.3 is 20.7 Å². The number of aromatic nitrogens is 1. The maximum Gasteiger partial charge on any atom is 0.303 e. The van der Waals surface area contributed by atoms with Crippen molar-refractivity contribution in [1.82, 2.24) is 15.6 Å². The first kappa shape index (κ1) is 23.0. The number of aromatic amines is 1. The van der Waals surface area contributed by atoms with Crippen LogP contribution in [0.5, 0.6) is 0 Å². The summed E-state index contributed by atoms with van der Waals surface area (Å²) in [6.07, 6.45) is 0.252. The Labute approximate surface area is 188 Å². The van der Waals surface area contributed by atoms with Gasteiger partial charge in [-0.2, -0.15) is 0 Å². The Hall–Kier alpha value is -3.65. The van der Waals surface area contributed by atoms with Crippen molar-refractivity contribution in [2.75, 3.05) is 6.54 Å². The molecule has 0 bridgehead atoms. The number of pyridine rings is 1. The smallest absolute Gasteiger partial charge is 0.303 e. The third-order valence-electron chi connectivity index (χ3n) is 4.86. The van der Waals surface area contributed by atoms with E-state index in [0.717, 1.165) is 5.39 Å². The Kier molecular flexibility index (Phi) is 7.62. The molecule has 1 atom stereocenters. The number of halogens is 1. The van der Waals surface area contributed by atoms with Gasteiger partial charge >= 0.3 is 5.97 Å². The summed E-state index contributed by atoms with van der Waals surface area (Å²) in [6.45, 7) is 0.147. The molecule has 0 radical (unpaired) electrons. The molecule has 8 nitrogen and oxygen atoms in total. The van der Waals surface area contributed by atoms with Gasteiger partial charge in [0.25, 0.3) is 5.91 Å². The van der Waals surface area contributed by atoms with Gasteiger partial charge in [0.05, 0.1) is 0 Å². The Balaban J connectivity index is 1.84. The molecule has 0 aliphatic rings. The normalized spacial score (nSPS) is 11.7. The highest BCUT2D eigenvalue weighted by Gasteiger charge is 2.23. The molecule has 0 fully saturated rings. The fourth-order valence-corrected chi connectivity index (χ4v) is 3.42. The van der Waals surface area contributed by atoms with Crippen molar-refractivity contribution in [3.8, 4) is 0 Å². The van der Waals surface area contributed by atoms with Crippen LogP contribution >= 0.6 is 11.6 Å². The molecule has 0 spiro atoms. The van der Waals surface area contributed by atoms with Crippen LogP contribution in [0.4, 0.5) is 0 Å². The zero-order valence-electron chi connectivity index (χ0n) is 17.1. The van der Waals surface area contributed by atoms with Gasteiger partial charge in [-0.05, 0) is 42.3 Å². The largest absolute Gasteiger partial charge is 0.481 e. The van der Waals surface area contributed by atoms with E-state index in [4.69, 9.17) is 16.7 Å². The molecule has 0 aliphatic carbocycles. The third-order valence-corrected chi connectivity index (χ3v) is 5.11. The number of carbonyl (C=O) groups excluding carboxylic acids is 2. The fourth-order valence-electron chi connectivity index (χ4n) is 3.29. The Bertz CT molecular complexity index is 1190. The van der Waals surface area contributed by atoms with Crippen LogP contribution in [0.25, 0.3) is 10.9 Å². The van der Waals surface area contributed by atoms with Gasteiger partial charge in [0.15, 0.2) is 0 Å². The molecule has 0 saturated heterocycles. The number of fused-ring (bicyclic) bond motifs is 1. The minimum absolute atomic E-state index is 0.0779. The number of hydrogen-bond acceptors (Lipinski definition) is 4. The van der Waals surface area contributed by atoms with Crippen molar-refractivity contribution in [2.24, 2.45) is 0 Å². The van der Waals surface area contributed by atoms with Gasteiger partial charge in [-0.1, -0.05) is 29.8 Å². The van der Waals surface area contributed by atoms with Crippen LogP contribution in [0.2, 0.25) is 5.02 Å². The first-order valence-corrected chi connectivity index (χ1v) is 10.4. The number of carbonyl (C=O) groups is 3. The molecule has 0 aliphatic heterocycles. The number of carboxylic acids is 1. The zero-order valence-corrected chi connectivity index (χ0v) is 17.8. The molecule has 1 heterocycles. The molecule has 4 N–H and O–H groups in total. The lowest BCUT2D eigenvalue weighted by molar-refractivity contribution is -0.137. The predicted octanol–water partition coefficient (Wildman–Crippen LogP) is 2.50. The molecule has 32 heavy (non-hydrogen) atoms. The van der Waals surface area contributed by atoms with E-state index in [1.165, 1.54) is 6.07 Å². The van der Waals surface area contributed by atoms with Crippen LogP contribution in [-0.4, -0.2) is 40.5 Å². The number of aliphatic carboxylic acids is 1. The van der Waals surface area contributed by atoms with E-state index >= 15 is 0 Å². The van der Waals surface area contributed by atoms with Crippen molar-refractivity contribution in [1.29, 1.82) is 0 Å². The summed E-state index contributed by atoms with van der Waals surface area (Å²) in [5, 5.41) is 15.4. The SMILES string of the molecule is O=C(O)CCCNC(=O)C(Cc1cc(=O)[nH]c2ccccc12)NC(=O)c1ccc(Cl)cc1. The van der Waals surface area contributed by atoms with Crippen LogP contribution < -0.4 is 16.2 Å². The molecular weight excluding hydrogens is 434 g/mol.